The van der Waals surface area contributed by atoms with Gasteiger partial charge in [0.15, 0.2) is 17.0 Å². The van der Waals surface area contributed by atoms with Crippen molar-refractivity contribution in [2.24, 2.45) is 5.73 Å². The lowest BCUT2D eigenvalue weighted by atomic mass is 10.1. The third-order valence-corrected chi connectivity index (χ3v) is 5.49. The number of aromatic nitrogens is 4. The molecule has 34 heavy (non-hydrogen) atoms. The first-order chi connectivity index (χ1) is 16.5. The van der Waals surface area contributed by atoms with Gasteiger partial charge in [-0.25, -0.2) is 15.0 Å². The molecule has 1 amide bonds. The summed E-state index contributed by atoms with van der Waals surface area (Å²) in [5.74, 6) is 0.521. The van der Waals surface area contributed by atoms with Crippen LogP contribution in [0.2, 0.25) is 0 Å². The van der Waals surface area contributed by atoms with Crippen LogP contribution in [-0.4, -0.2) is 52.1 Å². The number of nitrogens with one attached hydrogen (secondary N) is 1. The molecule has 1 unspecified atom stereocenters. The lowest BCUT2D eigenvalue weighted by molar-refractivity contribution is -0.123. The van der Waals surface area contributed by atoms with Gasteiger partial charge >= 0.3 is 0 Å². The molecule has 4 aromatic rings. The Morgan fingerprint density at radius 3 is 2.47 bits per heavy atom. The van der Waals surface area contributed by atoms with E-state index in [2.05, 4.69) is 20.3 Å². The van der Waals surface area contributed by atoms with Crippen molar-refractivity contribution in [2.75, 3.05) is 25.5 Å². The Bertz CT molecular complexity index is 1210. The van der Waals surface area contributed by atoms with E-state index in [1.54, 1.807) is 6.33 Å². The molecule has 2 heterocycles. The number of imidazole rings is 1. The molecular formula is C25H29N7O2. The second kappa shape index (κ2) is 10.9. The number of carbonyl (C=O) groups is 1. The van der Waals surface area contributed by atoms with Crippen LogP contribution in [0.3, 0.4) is 0 Å². The van der Waals surface area contributed by atoms with Gasteiger partial charge in [-0.2, -0.15) is 0 Å². The van der Waals surface area contributed by atoms with Crippen LogP contribution in [0.1, 0.15) is 17.2 Å². The van der Waals surface area contributed by atoms with Gasteiger partial charge in [-0.15, -0.1) is 0 Å². The highest BCUT2D eigenvalue weighted by Crippen LogP contribution is 2.22. The molecule has 3 N–H and O–H groups in total. The van der Waals surface area contributed by atoms with E-state index in [1.807, 2.05) is 84.2 Å². The number of nitrogens with zero attached hydrogens (tertiary/aromatic N) is 5. The molecule has 0 radical (unpaired) electrons. The zero-order chi connectivity index (χ0) is 23.9. The Morgan fingerprint density at radius 1 is 1.06 bits per heavy atom. The third-order valence-electron chi connectivity index (χ3n) is 5.49. The molecular weight excluding hydrogens is 430 g/mol. The highest BCUT2D eigenvalue weighted by molar-refractivity contribution is 5.83. The van der Waals surface area contributed by atoms with Crippen LogP contribution in [0.4, 0.5) is 5.82 Å². The quantitative estimate of drug-likeness (QED) is 0.374. The smallest absolute Gasteiger partial charge is 0.237 e. The standard InChI is InChI=1S/C25H29N7O2/c1-31(2)23-22-24(29-15-28-23)32(16-30-22)17-34-21(19-11-7-4-8-12-19)14-27-25(33)20(26)13-18-9-5-3-6-10-18/h3-12,15-16,20-21H,13-14,17,26H2,1-2H3,(H,27,33)/t20-,21?/m0/s1. The summed E-state index contributed by atoms with van der Waals surface area (Å²) in [4.78, 5) is 27.7. The maximum atomic E-state index is 12.7. The van der Waals surface area contributed by atoms with E-state index >= 15 is 0 Å². The van der Waals surface area contributed by atoms with Crippen LogP contribution in [0, 0.1) is 0 Å². The monoisotopic (exact) mass is 459 g/mol. The van der Waals surface area contributed by atoms with Crippen molar-refractivity contribution in [3.63, 3.8) is 0 Å². The average molecular weight is 460 g/mol. The second-order valence-corrected chi connectivity index (χ2v) is 8.21. The molecule has 0 saturated heterocycles. The summed E-state index contributed by atoms with van der Waals surface area (Å²) in [6.07, 6.45) is 3.29. The summed E-state index contributed by atoms with van der Waals surface area (Å²) in [7, 11) is 3.82. The number of carbonyl (C=O) groups excluding carboxylic acids is 1. The summed E-state index contributed by atoms with van der Waals surface area (Å²) in [6.45, 7) is 0.502. The summed E-state index contributed by atoms with van der Waals surface area (Å²) < 4.78 is 8.05. The number of ether oxygens (including phenoxy) is 1. The van der Waals surface area contributed by atoms with E-state index in [4.69, 9.17) is 10.5 Å². The van der Waals surface area contributed by atoms with Gasteiger partial charge in [-0.05, 0) is 17.5 Å². The van der Waals surface area contributed by atoms with Crippen LogP contribution in [0.5, 0.6) is 0 Å². The molecule has 2 aromatic carbocycles. The topological polar surface area (TPSA) is 111 Å². The molecule has 0 aliphatic carbocycles. The van der Waals surface area contributed by atoms with E-state index in [9.17, 15) is 4.79 Å². The molecule has 0 fully saturated rings. The predicted octanol–water partition coefficient (Wildman–Crippen LogP) is 2.29. The number of hydrogen-bond acceptors (Lipinski definition) is 7. The first kappa shape index (κ1) is 23.3. The van der Waals surface area contributed by atoms with Crippen LogP contribution in [-0.2, 0) is 22.7 Å². The van der Waals surface area contributed by atoms with Crippen LogP contribution >= 0.6 is 0 Å². The highest BCUT2D eigenvalue weighted by atomic mass is 16.5. The molecule has 0 bridgehead atoms. The van der Waals surface area contributed by atoms with E-state index in [0.717, 1.165) is 16.9 Å². The minimum Gasteiger partial charge on any atom is -0.361 e. The van der Waals surface area contributed by atoms with E-state index in [1.165, 1.54) is 6.33 Å². The molecule has 4 rings (SSSR count). The Morgan fingerprint density at radius 2 is 1.76 bits per heavy atom. The third kappa shape index (κ3) is 5.56. The average Bonchev–Trinajstić information content (AvgIpc) is 3.28. The molecule has 0 aliphatic rings. The maximum absolute atomic E-state index is 12.7. The Labute approximate surface area is 198 Å². The van der Waals surface area contributed by atoms with Gasteiger partial charge in [0.2, 0.25) is 5.91 Å². The Balaban J connectivity index is 1.43. The maximum Gasteiger partial charge on any atom is 0.237 e. The van der Waals surface area contributed by atoms with Gasteiger partial charge in [0.25, 0.3) is 0 Å². The zero-order valence-electron chi connectivity index (χ0n) is 19.3. The molecule has 0 aliphatic heterocycles. The SMILES string of the molecule is CN(C)c1ncnc2c1ncn2COC(CNC(=O)[C@@H](N)Cc1ccccc1)c1ccccc1. The fourth-order valence-electron chi connectivity index (χ4n) is 3.69. The van der Waals surface area contributed by atoms with Crippen molar-refractivity contribution in [1.29, 1.82) is 0 Å². The van der Waals surface area contributed by atoms with Gasteiger partial charge in [-0.3, -0.25) is 9.36 Å². The molecule has 2 aromatic heterocycles. The lowest BCUT2D eigenvalue weighted by Gasteiger charge is -2.21. The predicted molar refractivity (Wildman–Crippen MR) is 131 cm³/mol. The van der Waals surface area contributed by atoms with Crippen LogP contribution < -0.4 is 16.0 Å². The number of amides is 1. The van der Waals surface area contributed by atoms with Gasteiger partial charge < -0.3 is 20.7 Å². The van der Waals surface area contributed by atoms with E-state index < -0.39 is 6.04 Å². The largest absolute Gasteiger partial charge is 0.361 e. The van der Waals surface area contributed by atoms with Crippen LogP contribution in [0.25, 0.3) is 11.2 Å². The number of anilines is 1. The number of fused-ring (bicyclic) bond motifs is 1. The van der Waals surface area contributed by atoms with E-state index in [0.29, 0.717) is 17.6 Å². The Hall–Kier alpha value is -3.82. The number of nitrogens with two attached hydrogens (primary N) is 1. The molecule has 2 atom stereocenters. The molecule has 0 spiro atoms. The lowest BCUT2D eigenvalue weighted by Crippen LogP contribution is -2.43. The number of benzene rings is 2. The van der Waals surface area contributed by atoms with Crippen molar-refractivity contribution in [2.45, 2.75) is 25.3 Å². The highest BCUT2D eigenvalue weighted by Gasteiger charge is 2.19. The fourth-order valence-corrected chi connectivity index (χ4v) is 3.69. The summed E-state index contributed by atoms with van der Waals surface area (Å²) >= 11 is 0. The molecule has 9 heteroatoms. The van der Waals surface area contributed by atoms with Crippen molar-refractivity contribution in [3.05, 3.63) is 84.4 Å². The number of hydrogen-bond donors (Lipinski definition) is 2. The summed E-state index contributed by atoms with van der Waals surface area (Å²) in [5.41, 5.74) is 9.50. The summed E-state index contributed by atoms with van der Waals surface area (Å²) in [5, 5.41) is 2.95. The first-order valence-corrected chi connectivity index (χ1v) is 11.1. The normalized spacial score (nSPS) is 12.9. The second-order valence-electron chi connectivity index (χ2n) is 8.21. The van der Waals surface area contributed by atoms with Crippen LogP contribution in [0.15, 0.2) is 73.3 Å². The first-order valence-electron chi connectivity index (χ1n) is 11.1. The summed E-state index contributed by atoms with van der Waals surface area (Å²) in [6, 6.07) is 18.9. The molecule has 9 nitrogen and oxygen atoms in total. The fraction of sp³-hybridized carbons (Fsp3) is 0.280. The van der Waals surface area contributed by atoms with Crippen molar-refractivity contribution < 1.29 is 9.53 Å². The number of rotatable bonds is 10. The van der Waals surface area contributed by atoms with Crippen molar-refractivity contribution in [1.82, 2.24) is 24.8 Å². The van der Waals surface area contributed by atoms with Gasteiger partial charge in [0.05, 0.1) is 12.4 Å². The Kier molecular flexibility index (Phi) is 7.46. The minimum absolute atomic E-state index is 0.214. The zero-order valence-corrected chi connectivity index (χ0v) is 19.3. The van der Waals surface area contributed by atoms with E-state index in [-0.39, 0.29) is 25.3 Å². The van der Waals surface area contributed by atoms with Gasteiger partial charge in [0, 0.05) is 20.6 Å². The van der Waals surface area contributed by atoms with Gasteiger partial charge in [0.1, 0.15) is 19.2 Å². The van der Waals surface area contributed by atoms with Crippen molar-refractivity contribution >= 4 is 22.9 Å². The molecule has 0 saturated carbocycles. The minimum atomic E-state index is -0.641. The van der Waals surface area contributed by atoms with Crippen molar-refractivity contribution in [3.8, 4) is 0 Å². The molecule has 176 valence electrons. The van der Waals surface area contributed by atoms with Gasteiger partial charge in [-0.1, -0.05) is 60.7 Å².